The Bertz CT molecular complexity index is 760. The van der Waals surface area contributed by atoms with E-state index in [1.165, 1.54) is 5.56 Å². The number of anilines is 1. The van der Waals surface area contributed by atoms with Crippen molar-refractivity contribution in [2.45, 2.75) is 53.7 Å². The van der Waals surface area contributed by atoms with E-state index in [9.17, 15) is 9.59 Å². The summed E-state index contributed by atoms with van der Waals surface area (Å²) < 4.78 is 7.38. The van der Waals surface area contributed by atoms with Gasteiger partial charge in [-0.15, -0.1) is 0 Å². The summed E-state index contributed by atoms with van der Waals surface area (Å²) in [5.74, 6) is -0.821. The van der Waals surface area contributed by atoms with E-state index in [1.54, 1.807) is 13.0 Å². The highest BCUT2D eigenvalue weighted by Crippen LogP contribution is 2.17. The number of rotatable bonds is 6. The average Bonchev–Trinajstić information content (AvgIpc) is 2.89. The van der Waals surface area contributed by atoms with Crippen LogP contribution in [0.4, 0.5) is 5.69 Å². The SMILES string of the molecule is CCc1ccc(NC(=O)[C@@H](C)OC(=O)c2cc(C)n(CC)c2C)cc1. The van der Waals surface area contributed by atoms with Gasteiger partial charge < -0.3 is 14.6 Å². The van der Waals surface area contributed by atoms with Gasteiger partial charge in [0, 0.05) is 23.6 Å². The fourth-order valence-corrected chi connectivity index (χ4v) is 2.84. The number of esters is 1. The Morgan fingerprint density at radius 2 is 1.80 bits per heavy atom. The number of nitrogens with one attached hydrogen (secondary N) is 1. The molecule has 1 aromatic heterocycles. The number of amides is 1. The lowest BCUT2D eigenvalue weighted by Crippen LogP contribution is -2.30. The minimum absolute atomic E-state index is 0.345. The summed E-state index contributed by atoms with van der Waals surface area (Å²) in [6.07, 6.45) is 0.0707. The maximum atomic E-state index is 12.4. The van der Waals surface area contributed by atoms with Crippen molar-refractivity contribution in [1.82, 2.24) is 4.57 Å². The number of aryl methyl sites for hydroxylation is 2. The van der Waals surface area contributed by atoms with Crippen LogP contribution in [-0.2, 0) is 22.5 Å². The Balaban J connectivity index is 2.01. The second kappa shape index (κ2) is 8.01. The minimum Gasteiger partial charge on any atom is -0.449 e. The molecule has 0 spiro atoms. The van der Waals surface area contributed by atoms with E-state index in [0.29, 0.717) is 11.3 Å². The summed E-state index contributed by atoms with van der Waals surface area (Å²) in [6, 6.07) is 9.42. The Morgan fingerprint density at radius 1 is 1.16 bits per heavy atom. The molecule has 0 radical (unpaired) electrons. The maximum absolute atomic E-state index is 12.4. The summed E-state index contributed by atoms with van der Waals surface area (Å²) in [6.45, 7) is 10.3. The van der Waals surface area contributed by atoms with Crippen LogP contribution < -0.4 is 5.32 Å². The van der Waals surface area contributed by atoms with Gasteiger partial charge in [0.25, 0.3) is 5.91 Å². The third-order valence-corrected chi connectivity index (χ3v) is 4.39. The predicted octanol–water partition coefficient (Wildman–Crippen LogP) is 3.87. The Kier molecular flexibility index (Phi) is 6.02. The molecule has 0 unspecified atom stereocenters. The van der Waals surface area contributed by atoms with E-state index in [-0.39, 0.29) is 5.91 Å². The van der Waals surface area contributed by atoms with Crippen molar-refractivity contribution in [3.8, 4) is 0 Å². The summed E-state index contributed by atoms with van der Waals surface area (Å²) in [5, 5.41) is 2.77. The van der Waals surface area contributed by atoms with Crippen LogP contribution >= 0.6 is 0 Å². The first-order valence-electron chi connectivity index (χ1n) is 8.64. The molecule has 0 aliphatic carbocycles. The molecule has 0 aliphatic rings. The van der Waals surface area contributed by atoms with Gasteiger partial charge in [0.15, 0.2) is 6.10 Å². The molecule has 5 nitrogen and oxygen atoms in total. The molecular weight excluding hydrogens is 316 g/mol. The highest BCUT2D eigenvalue weighted by atomic mass is 16.5. The second-order valence-corrected chi connectivity index (χ2v) is 6.12. The molecule has 1 amide bonds. The summed E-state index contributed by atoms with van der Waals surface area (Å²) in [4.78, 5) is 24.6. The standard InChI is InChI=1S/C20H26N2O3/c1-6-16-8-10-17(11-9-16)21-19(23)15(5)25-20(24)18-12-13(3)22(7-2)14(18)4/h8-12,15H,6-7H2,1-5H3,(H,21,23)/t15-/m1/s1. The first-order chi connectivity index (χ1) is 11.9. The number of hydrogen-bond donors (Lipinski definition) is 1. The molecule has 1 atom stereocenters. The van der Waals surface area contributed by atoms with Crippen molar-refractivity contribution in [1.29, 1.82) is 0 Å². The van der Waals surface area contributed by atoms with Crippen molar-refractivity contribution in [2.75, 3.05) is 5.32 Å². The van der Waals surface area contributed by atoms with Crippen molar-refractivity contribution < 1.29 is 14.3 Å². The molecule has 0 bridgehead atoms. The highest BCUT2D eigenvalue weighted by molar-refractivity contribution is 5.97. The van der Waals surface area contributed by atoms with Crippen LogP contribution in [0.3, 0.4) is 0 Å². The van der Waals surface area contributed by atoms with Crippen LogP contribution in [-0.4, -0.2) is 22.5 Å². The molecule has 2 rings (SSSR count). The molecule has 1 N–H and O–H groups in total. The number of benzene rings is 1. The molecular formula is C20H26N2O3. The Hall–Kier alpha value is -2.56. The lowest BCUT2D eigenvalue weighted by atomic mass is 10.1. The van der Waals surface area contributed by atoms with Crippen molar-refractivity contribution in [3.63, 3.8) is 0 Å². The van der Waals surface area contributed by atoms with Crippen LogP contribution in [0.2, 0.25) is 0 Å². The first-order valence-corrected chi connectivity index (χ1v) is 8.64. The summed E-state index contributed by atoms with van der Waals surface area (Å²) >= 11 is 0. The van der Waals surface area contributed by atoms with Gasteiger partial charge in [0.1, 0.15) is 0 Å². The van der Waals surface area contributed by atoms with Gasteiger partial charge in [0.05, 0.1) is 5.56 Å². The zero-order chi connectivity index (χ0) is 18.6. The van der Waals surface area contributed by atoms with Crippen LogP contribution in [0.5, 0.6) is 0 Å². The van der Waals surface area contributed by atoms with Gasteiger partial charge in [0.2, 0.25) is 0 Å². The van der Waals surface area contributed by atoms with Gasteiger partial charge in [-0.05, 0) is 57.9 Å². The molecule has 5 heteroatoms. The van der Waals surface area contributed by atoms with Gasteiger partial charge in [-0.3, -0.25) is 4.79 Å². The zero-order valence-corrected chi connectivity index (χ0v) is 15.6. The molecule has 0 saturated heterocycles. The Morgan fingerprint density at radius 3 is 2.32 bits per heavy atom. The number of hydrogen-bond acceptors (Lipinski definition) is 3. The highest BCUT2D eigenvalue weighted by Gasteiger charge is 2.22. The van der Waals surface area contributed by atoms with E-state index in [4.69, 9.17) is 4.74 Å². The third kappa shape index (κ3) is 4.29. The largest absolute Gasteiger partial charge is 0.449 e. The van der Waals surface area contributed by atoms with E-state index in [0.717, 1.165) is 24.4 Å². The average molecular weight is 342 g/mol. The van der Waals surface area contributed by atoms with Gasteiger partial charge in [-0.2, -0.15) is 0 Å². The van der Waals surface area contributed by atoms with Crippen LogP contribution in [0.15, 0.2) is 30.3 Å². The van der Waals surface area contributed by atoms with Crippen molar-refractivity contribution in [3.05, 3.63) is 52.8 Å². The maximum Gasteiger partial charge on any atom is 0.340 e. The van der Waals surface area contributed by atoms with Crippen molar-refractivity contribution in [2.24, 2.45) is 0 Å². The molecule has 0 saturated carbocycles. The number of carbonyl (C=O) groups excluding carboxylic acids is 2. The quantitative estimate of drug-likeness (QED) is 0.811. The van der Waals surface area contributed by atoms with Crippen LogP contribution in [0.1, 0.15) is 48.1 Å². The number of carbonyl (C=O) groups is 2. The van der Waals surface area contributed by atoms with E-state index < -0.39 is 12.1 Å². The molecule has 2 aromatic rings. The predicted molar refractivity (Wildman–Crippen MR) is 98.9 cm³/mol. The first kappa shape index (κ1) is 18.8. The van der Waals surface area contributed by atoms with Gasteiger partial charge in [-0.1, -0.05) is 19.1 Å². The number of ether oxygens (including phenoxy) is 1. The molecule has 1 heterocycles. The van der Waals surface area contributed by atoms with Gasteiger partial charge in [-0.25, -0.2) is 4.79 Å². The fourth-order valence-electron chi connectivity index (χ4n) is 2.84. The molecule has 0 aliphatic heterocycles. The minimum atomic E-state index is -0.872. The third-order valence-electron chi connectivity index (χ3n) is 4.39. The van der Waals surface area contributed by atoms with Gasteiger partial charge >= 0.3 is 5.97 Å². The van der Waals surface area contributed by atoms with Crippen LogP contribution in [0, 0.1) is 13.8 Å². The molecule has 134 valence electrons. The Labute approximate surface area is 149 Å². The van der Waals surface area contributed by atoms with Crippen molar-refractivity contribution >= 4 is 17.6 Å². The molecule has 25 heavy (non-hydrogen) atoms. The molecule has 0 fully saturated rings. The zero-order valence-electron chi connectivity index (χ0n) is 15.6. The van der Waals surface area contributed by atoms with E-state index >= 15 is 0 Å². The lowest BCUT2D eigenvalue weighted by Gasteiger charge is -2.14. The second-order valence-electron chi connectivity index (χ2n) is 6.12. The smallest absolute Gasteiger partial charge is 0.340 e. The summed E-state index contributed by atoms with van der Waals surface area (Å²) in [5.41, 5.74) is 4.25. The monoisotopic (exact) mass is 342 g/mol. The van der Waals surface area contributed by atoms with E-state index in [1.807, 2.05) is 49.6 Å². The topological polar surface area (TPSA) is 60.3 Å². The molecule has 1 aromatic carbocycles. The normalized spacial score (nSPS) is 11.9. The van der Waals surface area contributed by atoms with Crippen LogP contribution in [0.25, 0.3) is 0 Å². The lowest BCUT2D eigenvalue weighted by molar-refractivity contribution is -0.123. The number of aromatic nitrogens is 1. The summed E-state index contributed by atoms with van der Waals surface area (Å²) in [7, 11) is 0. The van der Waals surface area contributed by atoms with E-state index in [2.05, 4.69) is 12.2 Å². The number of nitrogens with zero attached hydrogens (tertiary/aromatic N) is 1. The fraction of sp³-hybridized carbons (Fsp3) is 0.400.